The van der Waals surface area contributed by atoms with E-state index < -0.39 is 0 Å². The predicted octanol–water partition coefficient (Wildman–Crippen LogP) is 5.28. The summed E-state index contributed by atoms with van der Waals surface area (Å²) in [6.07, 6.45) is 4.24. The molecule has 0 spiro atoms. The molecule has 0 aromatic rings. The summed E-state index contributed by atoms with van der Waals surface area (Å²) in [5.74, 6) is 0. The van der Waals surface area contributed by atoms with Gasteiger partial charge in [0, 0.05) is 0 Å². The highest BCUT2D eigenvalue weighted by Crippen LogP contribution is 2.48. The third-order valence-corrected chi connectivity index (χ3v) is 2.44. The zero-order chi connectivity index (χ0) is 11.1. The lowest BCUT2D eigenvalue weighted by molar-refractivity contribution is 0.304. The Bertz CT molecular complexity index is 95.2. The number of hydrogen-bond acceptors (Lipinski definition) is 0. The molecule has 0 radical (unpaired) electrons. The molecule has 1 rings (SSSR count). The van der Waals surface area contributed by atoms with Crippen LogP contribution in [0.15, 0.2) is 0 Å². The molecule has 0 atom stereocenters. The average Bonchev–Trinajstić information content (AvgIpc) is 2.32. The van der Waals surface area contributed by atoms with Gasteiger partial charge in [-0.3, -0.25) is 0 Å². The van der Waals surface area contributed by atoms with E-state index >= 15 is 0 Å². The van der Waals surface area contributed by atoms with Crippen molar-refractivity contribution >= 4 is 0 Å². The highest BCUT2D eigenvalue weighted by Gasteiger charge is 2.35. The van der Waals surface area contributed by atoms with Crippen LogP contribution in [0, 0.1) is 10.8 Å². The SMILES string of the molecule is CC.CC.CC1(C)CCC(C)(C)C1. The van der Waals surface area contributed by atoms with E-state index in [4.69, 9.17) is 0 Å². The van der Waals surface area contributed by atoms with Crippen LogP contribution >= 0.6 is 0 Å². The summed E-state index contributed by atoms with van der Waals surface area (Å²) in [6, 6.07) is 0. The molecule has 1 aliphatic rings. The number of hydrogen-bond donors (Lipinski definition) is 0. The van der Waals surface area contributed by atoms with Crippen molar-refractivity contribution in [1.82, 2.24) is 0 Å². The highest BCUT2D eigenvalue weighted by molar-refractivity contribution is 4.87. The first kappa shape index (κ1) is 15.5. The minimum absolute atomic E-state index is 0.628. The van der Waals surface area contributed by atoms with E-state index in [0.717, 1.165) is 0 Å². The van der Waals surface area contributed by atoms with Gasteiger partial charge in [0.2, 0.25) is 0 Å². The highest BCUT2D eigenvalue weighted by atomic mass is 14.4. The second-order valence-corrected chi connectivity index (χ2v) is 5.01. The van der Waals surface area contributed by atoms with Gasteiger partial charge in [0.25, 0.3) is 0 Å². The molecule has 0 nitrogen and oxygen atoms in total. The maximum absolute atomic E-state index is 2.38. The monoisotopic (exact) mass is 186 g/mol. The third kappa shape index (κ3) is 7.10. The Morgan fingerprint density at radius 2 is 0.846 bits per heavy atom. The second kappa shape index (κ2) is 6.45. The van der Waals surface area contributed by atoms with Gasteiger partial charge in [-0.05, 0) is 30.1 Å². The van der Waals surface area contributed by atoms with Gasteiger partial charge in [-0.1, -0.05) is 55.4 Å². The molecule has 0 bridgehead atoms. The maximum Gasteiger partial charge on any atom is -0.0349 e. The topological polar surface area (TPSA) is 0 Å². The van der Waals surface area contributed by atoms with Crippen LogP contribution in [0.3, 0.4) is 0 Å². The van der Waals surface area contributed by atoms with E-state index in [1.807, 2.05) is 27.7 Å². The summed E-state index contributed by atoms with van der Waals surface area (Å²) in [5.41, 5.74) is 1.26. The van der Waals surface area contributed by atoms with Crippen molar-refractivity contribution in [2.45, 2.75) is 74.7 Å². The zero-order valence-electron chi connectivity index (χ0n) is 11.1. The van der Waals surface area contributed by atoms with Gasteiger partial charge in [-0.15, -0.1) is 0 Å². The molecular weight excluding hydrogens is 156 g/mol. The molecule has 0 aromatic heterocycles. The van der Waals surface area contributed by atoms with Crippen LogP contribution in [0.4, 0.5) is 0 Å². The minimum atomic E-state index is 0.628. The molecule has 0 heteroatoms. The normalized spacial score (nSPS) is 22.2. The molecular formula is C13H30. The first-order valence-corrected chi connectivity index (χ1v) is 5.91. The van der Waals surface area contributed by atoms with Crippen LogP contribution in [0.2, 0.25) is 0 Å². The summed E-state index contributed by atoms with van der Waals surface area (Å²) in [4.78, 5) is 0. The Labute approximate surface area is 86.1 Å². The molecule has 0 heterocycles. The summed E-state index contributed by atoms with van der Waals surface area (Å²) < 4.78 is 0. The summed E-state index contributed by atoms with van der Waals surface area (Å²) in [5, 5.41) is 0. The zero-order valence-corrected chi connectivity index (χ0v) is 11.1. The number of rotatable bonds is 0. The van der Waals surface area contributed by atoms with Crippen LogP contribution in [-0.2, 0) is 0 Å². The lowest BCUT2D eigenvalue weighted by atomic mass is 9.85. The van der Waals surface area contributed by atoms with Gasteiger partial charge in [-0.25, -0.2) is 0 Å². The minimum Gasteiger partial charge on any atom is -0.0683 e. The summed E-state index contributed by atoms with van der Waals surface area (Å²) in [7, 11) is 0. The first-order valence-electron chi connectivity index (χ1n) is 5.91. The van der Waals surface area contributed by atoms with E-state index in [2.05, 4.69) is 27.7 Å². The van der Waals surface area contributed by atoms with Gasteiger partial charge in [0.15, 0.2) is 0 Å². The lowest BCUT2D eigenvalue weighted by Crippen LogP contribution is -2.09. The molecule has 0 amide bonds. The van der Waals surface area contributed by atoms with Crippen LogP contribution in [0.25, 0.3) is 0 Å². The van der Waals surface area contributed by atoms with Gasteiger partial charge < -0.3 is 0 Å². The molecule has 0 N–H and O–H groups in total. The Balaban J connectivity index is 0. The van der Waals surface area contributed by atoms with E-state index in [1.54, 1.807) is 0 Å². The van der Waals surface area contributed by atoms with Crippen molar-refractivity contribution in [3.63, 3.8) is 0 Å². The fourth-order valence-electron chi connectivity index (χ4n) is 2.15. The standard InChI is InChI=1S/C9H18.2C2H6/c1-8(2)5-6-9(3,4)7-8;2*1-2/h5-7H2,1-4H3;2*1-2H3. The van der Waals surface area contributed by atoms with Gasteiger partial charge in [0.1, 0.15) is 0 Å². The van der Waals surface area contributed by atoms with Gasteiger partial charge in [0.05, 0.1) is 0 Å². The molecule has 1 aliphatic carbocycles. The first-order chi connectivity index (χ1) is 5.91. The van der Waals surface area contributed by atoms with Crippen molar-refractivity contribution < 1.29 is 0 Å². The van der Waals surface area contributed by atoms with E-state index in [-0.39, 0.29) is 0 Å². The van der Waals surface area contributed by atoms with Crippen molar-refractivity contribution in [2.24, 2.45) is 10.8 Å². The van der Waals surface area contributed by atoms with Gasteiger partial charge in [-0.2, -0.15) is 0 Å². The Morgan fingerprint density at radius 3 is 0.923 bits per heavy atom. The Hall–Kier alpha value is 0. The molecule has 82 valence electrons. The fraction of sp³-hybridized carbons (Fsp3) is 1.00. The second-order valence-electron chi connectivity index (χ2n) is 5.01. The van der Waals surface area contributed by atoms with Crippen molar-refractivity contribution in [3.8, 4) is 0 Å². The molecule has 1 saturated carbocycles. The van der Waals surface area contributed by atoms with Gasteiger partial charge >= 0.3 is 0 Å². The molecule has 1 fully saturated rings. The average molecular weight is 186 g/mol. The van der Waals surface area contributed by atoms with Crippen molar-refractivity contribution in [1.29, 1.82) is 0 Å². The largest absolute Gasteiger partial charge is 0.0683 e. The maximum atomic E-state index is 2.38. The quantitative estimate of drug-likeness (QED) is 0.483. The van der Waals surface area contributed by atoms with Crippen LogP contribution < -0.4 is 0 Å². The molecule has 0 saturated heterocycles. The van der Waals surface area contributed by atoms with Crippen LogP contribution in [-0.4, -0.2) is 0 Å². The fourth-order valence-corrected chi connectivity index (χ4v) is 2.15. The molecule has 13 heavy (non-hydrogen) atoms. The van der Waals surface area contributed by atoms with Crippen molar-refractivity contribution in [2.75, 3.05) is 0 Å². The predicted molar refractivity (Wildman–Crippen MR) is 64.1 cm³/mol. The smallest absolute Gasteiger partial charge is 0.0349 e. The molecule has 0 aromatic carbocycles. The van der Waals surface area contributed by atoms with E-state index in [9.17, 15) is 0 Å². The van der Waals surface area contributed by atoms with Crippen LogP contribution in [0.5, 0.6) is 0 Å². The summed E-state index contributed by atoms with van der Waals surface area (Å²) >= 11 is 0. The van der Waals surface area contributed by atoms with E-state index in [0.29, 0.717) is 10.8 Å². The third-order valence-electron chi connectivity index (χ3n) is 2.44. The summed E-state index contributed by atoms with van der Waals surface area (Å²) in [6.45, 7) is 17.5. The molecule has 0 unspecified atom stereocenters. The van der Waals surface area contributed by atoms with Crippen molar-refractivity contribution in [3.05, 3.63) is 0 Å². The van der Waals surface area contributed by atoms with Crippen LogP contribution in [0.1, 0.15) is 74.7 Å². The lowest BCUT2D eigenvalue weighted by Gasteiger charge is -2.21. The Morgan fingerprint density at radius 1 is 0.615 bits per heavy atom. The van der Waals surface area contributed by atoms with E-state index in [1.165, 1.54) is 19.3 Å². The molecule has 0 aliphatic heterocycles. The Kier molecular flexibility index (Phi) is 7.68.